The smallest absolute Gasteiger partial charge is 0.292 e. The van der Waals surface area contributed by atoms with Crippen LogP contribution in [0.5, 0.6) is 0 Å². The summed E-state index contributed by atoms with van der Waals surface area (Å²) in [6, 6.07) is 3.74. The molecule has 1 aromatic rings. The Labute approximate surface area is 118 Å². The maximum absolute atomic E-state index is 13.3. The number of anilines is 1. The van der Waals surface area contributed by atoms with E-state index in [1.165, 1.54) is 12.1 Å². The quantitative estimate of drug-likeness (QED) is 0.503. The molecule has 1 unspecified atom stereocenters. The molecule has 0 bridgehead atoms. The van der Waals surface area contributed by atoms with Gasteiger partial charge >= 0.3 is 0 Å². The molecule has 5 heteroatoms. The second-order valence-corrected chi connectivity index (χ2v) is 6.35. The Morgan fingerprint density at radius 3 is 2.80 bits per heavy atom. The third kappa shape index (κ3) is 3.68. The summed E-state index contributed by atoms with van der Waals surface area (Å²) in [7, 11) is 0. The van der Waals surface area contributed by atoms with Crippen LogP contribution in [0.3, 0.4) is 0 Å². The van der Waals surface area contributed by atoms with Gasteiger partial charge in [-0.1, -0.05) is 20.3 Å². The van der Waals surface area contributed by atoms with Gasteiger partial charge in [0.1, 0.15) is 11.5 Å². The molecular formula is C15H21FN2O2. The van der Waals surface area contributed by atoms with Crippen LogP contribution in [-0.2, 0) is 0 Å². The monoisotopic (exact) mass is 280 g/mol. The lowest BCUT2D eigenvalue weighted by molar-refractivity contribution is -0.384. The minimum atomic E-state index is -0.470. The second kappa shape index (κ2) is 5.77. The zero-order chi connectivity index (χ0) is 14.8. The number of nitro benzene ring substituents is 1. The fraction of sp³-hybridized carbons (Fsp3) is 0.600. The third-order valence-electron chi connectivity index (χ3n) is 4.09. The van der Waals surface area contributed by atoms with Gasteiger partial charge in [0.2, 0.25) is 0 Å². The summed E-state index contributed by atoms with van der Waals surface area (Å²) in [6.07, 6.45) is 5.26. The maximum Gasteiger partial charge on any atom is 0.292 e. The summed E-state index contributed by atoms with van der Waals surface area (Å²) < 4.78 is 13.3. The first kappa shape index (κ1) is 14.8. The van der Waals surface area contributed by atoms with E-state index < -0.39 is 10.7 Å². The molecule has 0 saturated heterocycles. The van der Waals surface area contributed by atoms with E-state index in [4.69, 9.17) is 0 Å². The Morgan fingerprint density at radius 1 is 1.35 bits per heavy atom. The summed E-state index contributed by atoms with van der Waals surface area (Å²) in [4.78, 5) is 10.5. The second-order valence-electron chi connectivity index (χ2n) is 6.35. The highest BCUT2D eigenvalue weighted by atomic mass is 19.1. The van der Waals surface area contributed by atoms with Crippen molar-refractivity contribution in [3.05, 3.63) is 34.1 Å². The predicted molar refractivity (Wildman–Crippen MR) is 77.3 cm³/mol. The summed E-state index contributed by atoms with van der Waals surface area (Å²) >= 11 is 0. The van der Waals surface area contributed by atoms with Gasteiger partial charge < -0.3 is 5.32 Å². The van der Waals surface area contributed by atoms with Gasteiger partial charge in [-0.15, -0.1) is 0 Å². The first-order valence-electron chi connectivity index (χ1n) is 7.08. The van der Waals surface area contributed by atoms with Crippen molar-refractivity contribution in [2.75, 3.05) is 5.32 Å². The molecule has 110 valence electrons. The van der Waals surface area contributed by atoms with Crippen LogP contribution < -0.4 is 5.32 Å². The molecule has 0 amide bonds. The summed E-state index contributed by atoms with van der Waals surface area (Å²) in [5, 5.41) is 14.2. The van der Waals surface area contributed by atoms with Crippen molar-refractivity contribution in [3.8, 4) is 0 Å². The molecule has 0 spiro atoms. The molecule has 20 heavy (non-hydrogen) atoms. The molecule has 0 heterocycles. The minimum absolute atomic E-state index is 0.0603. The first-order valence-corrected chi connectivity index (χ1v) is 7.08. The molecule has 1 aliphatic carbocycles. The number of hydrogen-bond acceptors (Lipinski definition) is 3. The van der Waals surface area contributed by atoms with Crippen LogP contribution in [0.25, 0.3) is 0 Å². The highest BCUT2D eigenvalue weighted by molar-refractivity contribution is 5.61. The van der Waals surface area contributed by atoms with Gasteiger partial charge in [-0.25, -0.2) is 4.39 Å². The SMILES string of the molecule is CC1(C)CCCC(Nc2cc(F)ccc2[N+](=O)[O-])CC1. The molecule has 4 nitrogen and oxygen atoms in total. The number of halogens is 1. The topological polar surface area (TPSA) is 55.2 Å². The molecule has 0 aromatic heterocycles. The van der Waals surface area contributed by atoms with Crippen LogP contribution in [0, 0.1) is 21.3 Å². The Morgan fingerprint density at radius 2 is 2.10 bits per heavy atom. The average molecular weight is 280 g/mol. The number of hydrogen-bond donors (Lipinski definition) is 1. The molecule has 1 atom stereocenters. The van der Waals surface area contributed by atoms with Crippen molar-refractivity contribution >= 4 is 11.4 Å². The number of nitro groups is 1. The Hall–Kier alpha value is -1.65. The summed E-state index contributed by atoms with van der Waals surface area (Å²) in [5.41, 5.74) is 0.555. The molecule has 1 aromatic carbocycles. The van der Waals surface area contributed by atoms with E-state index >= 15 is 0 Å². The number of nitrogens with one attached hydrogen (secondary N) is 1. The van der Waals surface area contributed by atoms with Crippen LogP contribution in [0.1, 0.15) is 46.0 Å². The lowest BCUT2D eigenvalue weighted by atomic mass is 9.85. The van der Waals surface area contributed by atoms with Crippen LogP contribution in [0.4, 0.5) is 15.8 Å². The Balaban J connectivity index is 2.13. The fourth-order valence-corrected chi connectivity index (χ4v) is 2.81. The lowest BCUT2D eigenvalue weighted by Crippen LogP contribution is -2.20. The summed E-state index contributed by atoms with van der Waals surface area (Å²) in [6.45, 7) is 4.50. The van der Waals surface area contributed by atoms with E-state index in [9.17, 15) is 14.5 Å². The number of nitrogens with zero attached hydrogens (tertiary/aromatic N) is 1. The Bertz CT molecular complexity index is 503. The molecule has 2 rings (SSSR count). The molecule has 0 radical (unpaired) electrons. The van der Waals surface area contributed by atoms with Crippen molar-refractivity contribution in [2.45, 2.75) is 52.0 Å². The normalized spacial score (nSPS) is 22.1. The standard InChI is InChI=1S/C15H21FN2O2/c1-15(2)8-3-4-12(7-9-15)17-13-10-11(16)5-6-14(13)18(19)20/h5-6,10,12,17H,3-4,7-9H2,1-2H3. The zero-order valence-electron chi connectivity index (χ0n) is 12.0. The predicted octanol–water partition coefficient (Wildman–Crippen LogP) is 4.50. The number of rotatable bonds is 3. The molecule has 1 saturated carbocycles. The maximum atomic E-state index is 13.3. The van der Waals surface area contributed by atoms with Crippen molar-refractivity contribution in [3.63, 3.8) is 0 Å². The van der Waals surface area contributed by atoms with Crippen LogP contribution in [0.15, 0.2) is 18.2 Å². The lowest BCUT2D eigenvalue weighted by Gasteiger charge is -2.22. The van der Waals surface area contributed by atoms with E-state index in [0.717, 1.165) is 38.2 Å². The average Bonchev–Trinajstić information content (AvgIpc) is 2.51. The van der Waals surface area contributed by atoms with Gasteiger partial charge in [0, 0.05) is 18.2 Å². The highest BCUT2D eigenvalue weighted by Crippen LogP contribution is 2.35. The highest BCUT2D eigenvalue weighted by Gasteiger charge is 2.25. The van der Waals surface area contributed by atoms with Gasteiger partial charge in [0.25, 0.3) is 5.69 Å². The fourth-order valence-electron chi connectivity index (χ4n) is 2.81. The Kier molecular flexibility index (Phi) is 4.26. The van der Waals surface area contributed by atoms with E-state index in [-0.39, 0.29) is 11.7 Å². The van der Waals surface area contributed by atoms with Crippen molar-refractivity contribution in [1.29, 1.82) is 0 Å². The van der Waals surface area contributed by atoms with E-state index in [0.29, 0.717) is 11.1 Å². The van der Waals surface area contributed by atoms with Gasteiger partial charge in [-0.3, -0.25) is 10.1 Å². The van der Waals surface area contributed by atoms with Crippen LogP contribution in [0.2, 0.25) is 0 Å². The van der Waals surface area contributed by atoms with Crippen LogP contribution >= 0.6 is 0 Å². The van der Waals surface area contributed by atoms with E-state index in [1.807, 2.05) is 0 Å². The largest absolute Gasteiger partial charge is 0.377 e. The van der Waals surface area contributed by atoms with Crippen molar-refractivity contribution in [2.24, 2.45) is 5.41 Å². The first-order chi connectivity index (χ1) is 9.37. The molecular weight excluding hydrogens is 259 g/mol. The van der Waals surface area contributed by atoms with Crippen molar-refractivity contribution in [1.82, 2.24) is 0 Å². The third-order valence-corrected chi connectivity index (χ3v) is 4.09. The molecule has 1 N–H and O–H groups in total. The van der Waals surface area contributed by atoms with Crippen molar-refractivity contribution < 1.29 is 9.31 Å². The van der Waals surface area contributed by atoms with Crippen LogP contribution in [-0.4, -0.2) is 11.0 Å². The minimum Gasteiger partial charge on any atom is -0.377 e. The van der Waals surface area contributed by atoms with Gasteiger partial charge in [0.15, 0.2) is 0 Å². The van der Waals surface area contributed by atoms with Gasteiger partial charge in [-0.2, -0.15) is 0 Å². The molecule has 1 fully saturated rings. The van der Waals surface area contributed by atoms with E-state index in [2.05, 4.69) is 19.2 Å². The number of benzene rings is 1. The molecule has 1 aliphatic rings. The van der Waals surface area contributed by atoms with E-state index in [1.54, 1.807) is 0 Å². The summed E-state index contributed by atoms with van der Waals surface area (Å²) in [5.74, 6) is -0.452. The zero-order valence-corrected chi connectivity index (χ0v) is 12.0. The van der Waals surface area contributed by atoms with Gasteiger partial charge in [-0.05, 0) is 37.2 Å². The van der Waals surface area contributed by atoms with Gasteiger partial charge in [0.05, 0.1) is 4.92 Å². The molecule has 0 aliphatic heterocycles.